The Balaban J connectivity index is 1.43. The van der Waals surface area contributed by atoms with Gasteiger partial charge in [-0.3, -0.25) is 9.69 Å². The zero-order valence-electron chi connectivity index (χ0n) is 15.0. The van der Waals surface area contributed by atoms with Gasteiger partial charge in [-0.2, -0.15) is 0 Å². The monoisotopic (exact) mass is 321 g/mol. The summed E-state index contributed by atoms with van der Waals surface area (Å²) in [5.74, 6) is 2.35. The Kier molecular flexibility index (Phi) is 5.63. The summed E-state index contributed by atoms with van der Waals surface area (Å²) in [6.45, 7) is 8.72. The molecule has 1 heterocycles. The molecular weight excluding hydrogens is 286 g/mol. The van der Waals surface area contributed by atoms with Gasteiger partial charge in [-0.1, -0.05) is 13.8 Å². The molecule has 3 rings (SSSR count). The van der Waals surface area contributed by atoms with Crippen LogP contribution in [0, 0.1) is 17.8 Å². The average molecular weight is 322 g/mol. The van der Waals surface area contributed by atoms with E-state index >= 15 is 0 Å². The minimum Gasteiger partial charge on any atom is -0.340 e. The standard InChI is InChI=1S/C19H35N3O/c1-14(2)15-4-7-18(8-5-15)21-9-11-22(12-10-21)19(23)16-3-6-17(20)13-16/h14-18H,3-13,20H2,1-2H3. The fourth-order valence-electron chi connectivity index (χ4n) is 4.94. The highest BCUT2D eigenvalue weighted by Gasteiger charge is 2.34. The van der Waals surface area contributed by atoms with Crippen molar-refractivity contribution in [1.82, 2.24) is 9.80 Å². The van der Waals surface area contributed by atoms with Crippen LogP contribution in [0.3, 0.4) is 0 Å². The molecule has 4 heteroatoms. The van der Waals surface area contributed by atoms with Crippen molar-refractivity contribution in [2.75, 3.05) is 26.2 Å². The van der Waals surface area contributed by atoms with Crippen LogP contribution in [0.4, 0.5) is 0 Å². The van der Waals surface area contributed by atoms with Gasteiger partial charge in [0.05, 0.1) is 0 Å². The van der Waals surface area contributed by atoms with Crippen LogP contribution < -0.4 is 5.73 Å². The molecule has 2 saturated carbocycles. The van der Waals surface area contributed by atoms with Gasteiger partial charge >= 0.3 is 0 Å². The van der Waals surface area contributed by atoms with Gasteiger partial charge in [0.1, 0.15) is 0 Å². The minimum absolute atomic E-state index is 0.207. The van der Waals surface area contributed by atoms with Crippen molar-refractivity contribution in [2.45, 2.75) is 70.9 Å². The Morgan fingerprint density at radius 3 is 2.13 bits per heavy atom. The topological polar surface area (TPSA) is 49.6 Å². The molecule has 1 saturated heterocycles. The summed E-state index contributed by atoms with van der Waals surface area (Å²) < 4.78 is 0. The van der Waals surface area contributed by atoms with Gasteiger partial charge in [0.15, 0.2) is 0 Å². The third-order valence-corrected chi connectivity index (χ3v) is 6.65. The van der Waals surface area contributed by atoms with Gasteiger partial charge in [-0.25, -0.2) is 0 Å². The first-order valence-corrected chi connectivity index (χ1v) is 9.83. The number of nitrogens with zero attached hydrogens (tertiary/aromatic N) is 2. The van der Waals surface area contributed by atoms with Crippen LogP contribution in [0.25, 0.3) is 0 Å². The molecule has 132 valence electrons. The van der Waals surface area contributed by atoms with E-state index in [4.69, 9.17) is 5.73 Å². The van der Waals surface area contributed by atoms with E-state index in [2.05, 4.69) is 23.6 Å². The maximum absolute atomic E-state index is 12.6. The van der Waals surface area contributed by atoms with Crippen molar-refractivity contribution in [1.29, 1.82) is 0 Å². The van der Waals surface area contributed by atoms with Crippen LogP contribution in [0.1, 0.15) is 58.8 Å². The number of carbonyl (C=O) groups excluding carboxylic acids is 1. The molecule has 0 spiro atoms. The molecule has 0 aromatic heterocycles. The van der Waals surface area contributed by atoms with Gasteiger partial charge in [0.25, 0.3) is 0 Å². The zero-order valence-corrected chi connectivity index (χ0v) is 15.0. The van der Waals surface area contributed by atoms with Gasteiger partial charge < -0.3 is 10.6 Å². The summed E-state index contributed by atoms with van der Waals surface area (Å²) in [4.78, 5) is 17.4. The second-order valence-electron chi connectivity index (χ2n) is 8.44. The average Bonchev–Trinajstić information content (AvgIpc) is 3.01. The van der Waals surface area contributed by atoms with Crippen molar-refractivity contribution >= 4 is 5.91 Å². The molecule has 0 bridgehead atoms. The van der Waals surface area contributed by atoms with Crippen LogP contribution in [0.2, 0.25) is 0 Å². The van der Waals surface area contributed by atoms with Crippen LogP contribution in [-0.2, 0) is 4.79 Å². The van der Waals surface area contributed by atoms with E-state index in [1.807, 2.05) is 0 Å². The van der Waals surface area contributed by atoms with Gasteiger partial charge in [0.2, 0.25) is 5.91 Å². The highest BCUT2D eigenvalue weighted by molar-refractivity contribution is 5.79. The number of piperazine rings is 1. The SMILES string of the molecule is CC(C)C1CCC(N2CCN(C(=O)C3CCC(N)C3)CC2)CC1. The summed E-state index contributed by atoms with van der Waals surface area (Å²) in [6, 6.07) is 1.02. The molecule has 3 aliphatic rings. The normalized spacial score (nSPS) is 36.6. The molecular formula is C19H35N3O. The highest BCUT2D eigenvalue weighted by atomic mass is 16.2. The molecule has 2 N–H and O–H groups in total. The van der Waals surface area contributed by atoms with Crippen LogP contribution >= 0.6 is 0 Å². The summed E-state index contributed by atoms with van der Waals surface area (Å²) in [7, 11) is 0. The lowest BCUT2D eigenvalue weighted by Crippen LogP contribution is -2.53. The molecule has 23 heavy (non-hydrogen) atoms. The quantitative estimate of drug-likeness (QED) is 0.869. The van der Waals surface area contributed by atoms with Gasteiger partial charge in [-0.15, -0.1) is 0 Å². The zero-order chi connectivity index (χ0) is 16.4. The lowest BCUT2D eigenvalue weighted by molar-refractivity contribution is -0.137. The van der Waals surface area contributed by atoms with Gasteiger partial charge in [0, 0.05) is 44.2 Å². The third kappa shape index (κ3) is 4.08. The molecule has 0 radical (unpaired) electrons. The van der Waals surface area contributed by atoms with Crippen molar-refractivity contribution in [3.63, 3.8) is 0 Å². The van der Waals surface area contributed by atoms with Gasteiger partial charge in [-0.05, 0) is 56.8 Å². The number of rotatable bonds is 3. The van der Waals surface area contributed by atoms with E-state index in [-0.39, 0.29) is 12.0 Å². The van der Waals surface area contributed by atoms with Crippen LogP contribution in [0.15, 0.2) is 0 Å². The van der Waals surface area contributed by atoms with E-state index in [0.717, 1.165) is 63.3 Å². The second kappa shape index (κ2) is 7.52. The molecule has 4 nitrogen and oxygen atoms in total. The first kappa shape index (κ1) is 17.2. The number of nitrogens with two attached hydrogens (primary N) is 1. The Labute approximate surface area is 141 Å². The smallest absolute Gasteiger partial charge is 0.225 e. The van der Waals surface area contributed by atoms with Crippen LogP contribution in [-0.4, -0.2) is 54.0 Å². The summed E-state index contributed by atoms with van der Waals surface area (Å²) in [5.41, 5.74) is 5.97. The second-order valence-corrected chi connectivity index (χ2v) is 8.44. The fraction of sp³-hybridized carbons (Fsp3) is 0.947. The number of hydrogen-bond donors (Lipinski definition) is 1. The summed E-state index contributed by atoms with van der Waals surface area (Å²) in [5, 5.41) is 0. The fourth-order valence-corrected chi connectivity index (χ4v) is 4.94. The minimum atomic E-state index is 0.207. The Morgan fingerprint density at radius 2 is 1.61 bits per heavy atom. The molecule has 0 aromatic carbocycles. The lowest BCUT2D eigenvalue weighted by Gasteiger charge is -2.43. The molecule has 1 aliphatic heterocycles. The Hall–Kier alpha value is -0.610. The molecule has 2 atom stereocenters. The summed E-state index contributed by atoms with van der Waals surface area (Å²) in [6.07, 6.45) is 8.42. The van der Waals surface area contributed by atoms with Crippen LogP contribution in [0.5, 0.6) is 0 Å². The first-order valence-electron chi connectivity index (χ1n) is 9.83. The largest absolute Gasteiger partial charge is 0.340 e. The molecule has 0 aromatic rings. The Bertz CT molecular complexity index is 395. The number of amides is 1. The van der Waals surface area contributed by atoms with Crippen molar-refractivity contribution in [3.8, 4) is 0 Å². The van der Waals surface area contributed by atoms with Crippen molar-refractivity contribution < 1.29 is 4.79 Å². The maximum Gasteiger partial charge on any atom is 0.225 e. The molecule has 3 fully saturated rings. The molecule has 2 unspecified atom stereocenters. The van der Waals surface area contributed by atoms with Crippen molar-refractivity contribution in [3.05, 3.63) is 0 Å². The van der Waals surface area contributed by atoms with E-state index < -0.39 is 0 Å². The third-order valence-electron chi connectivity index (χ3n) is 6.65. The van der Waals surface area contributed by atoms with E-state index in [1.165, 1.54) is 25.7 Å². The predicted octanol–water partition coefficient (Wildman–Crippen LogP) is 2.47. The predicted molar refractivity (Wildman–Crippen MR) is 94.1 cm³/mol. The Morgan fingerprint density at radius 1 is 0.957 bits per heavy atom. The number of hydrogen-bond acceptors (Lipinski definition) is 3. The number of carbonyl (C=O) groups is 1. The lowest BCUT2D eigenvalue weighted by atomic mass is 9.79. The maximum atomic E-state index is 12.6. The molecule has 2 aliphatic carbocycles. The first-order chi connectivity index (χ1) is 11.0. The van der Waals surface area contributed by atoms with Crippen molar-refractivity contribution in [2.24, 2.45) is 23.5 Å². The van der Waals surface area contributed by atoms with E-state index in [0.29, 0.717) is 5.91 Å². The summed E-state index contributed by atoms with van der Waals surface area (Å²) >= 11 is 0. The van der Waals surface area contributed by atoms with E-state index in [1.54, 1.807) is 0 Å². The van der Waals surface area contributed by atoms with E-state index in [9.17, 15) is 4.79 Å². The highest BCUT2D eigenvalue weighted by Crippen LogP contribution is 2.33. The molecule has 1 amide bonds.